The van der Waals surface area contributed by atoms with Crippen LogP contribution in [0.25, 0.3) is 0 Å². The molecule has 0 saturated heterocycles. The van der Waals surface area contributed by atoms with E-state index < -0.39 is 11.2 Å². The van der Waals surface area contributed by atoms with Gasteiger partial charge in [-0.15, -0.1) is 0 Å². The van der Waals surface area contributed by atoms with Crippen LogP contribution in [0, 0.1) is 0 Å². The molecule has 0 aliphatic heterocycles. The van der Waals surface area contributed by atoms with Gasteiger partial charge in [-0.1, -0.05) is 41.9 Å². The van der Waals surface area contributed by atoms with Crippen LogP contribution in [-0.4, -0.2) is 12.4 Å². The lowest BCUT2D eigenvalue weighted by Crippen LogP contribution is -2.10. The predicted octanol–water partition coefficient (Wildman–Crippen LogP) is 4.44. The molecule has 2 aromatic carbocycles. The van der Waals surface area contributed by atoms with Crippen molar-refractivity contribution >= 4 is 28.4 Å². The van der Waals surface area contributed by atoms with E-state index in [2.05, 4.69) is 0 Å². The molecule has 0 aromatic heterocycles. The second-order valence-corrected chi connectivity index (χ2v) is 5.21. The van der Waals surface area contributed by atoms with Gasteiger partial charge in [0.05, 0.1) is 13.0 Å². The maximum Gasteiger partial charge on any atom is 0.229 e. The van der Waals surface area contributed by atoms with Gasteiger partial charge in [-0.25, -0.2) is 0 Å². The number of hydrogen-bond acceptors (Lipinski definition) is 2. The molecular formula is C16H14Cl2O2. The Balaban J connectivity index is 2.32. The van der Waals surface area contributed by atoms with E-state index in [4.69, 9.17) is 27.9 Å². The summed E-state index contributed by atoms with van der Waals surface area (Å²) in [7, 11) is 1.59. The Kier molecular flexibility index (Phi) is 5.05. The van der Waals surface area contributed by atoms with Gasteiger partial charge in [0.15, 0.2) is 0 Å². The fraction of sp³-hybridized carbons (Fsp3) is 0.188. The summed E-state index contributed by atoms with van der Waals surface area (Å²) < 4.78 is 5.18. The average Bonchev–Trinajstić information content (AvgIpc) is 2.46. The quantitative estimate of drug-likeness (QED) is 0.763. The van der Waals surface area contributed by atoms with Gasteiger partial charge in [0.25, 0.3) is 0 Å². The van der Waals surface area contributed by atoms with Crippen molar-refractivity contribution in [3.05, 3.63) is 64.7 Å². The van der Waals surface area contributed by atoms with Crippen molar-refractivity contribution in [1.82, 2.24) is 0 Å². The Labute approximate surface area is 128 Å². The van der Waals surface area contributed by atoms with Gasteiger partial charge in [-0.3, -0.25) is 4.79 Å². The van der Waals surface area contributed by atoms with Gasteiger partial charge in [0.2, 0.25) is 5.24 Å². The number of carbonyl (C=O) groups is 1. The summed E-state index contributed by atoms with van der Waals surface area (Å²) in [5.74, 6) is 0.260. The monoisotopic (exact) mass is 308 g/mol. The lowest BCUT2D eigenvalue weighted by molar-refractivity contribution is -0.113. The number of halogens is 2. The summed E-state index contributed by atoms with van der Waals surface area (Å²) in [5, 5.41) is 0.233. The summed E-state index contributed by atoms with van der Waals surface area (Å²) in [5.41, 5.74) is 1.72. The van der Waals surface area contributed by atoms with E-state index in [1.165, 1.54) is 0 Å². The van der Waals surface area contributed by atoms with Gasteiger partial charge in [0.1, 0.15) is 5.75 Å². The van der Waals surface area contributed by atoms with Crippen molar-refractivity contribution < 1.29 is 9.53 Å². The Morgan fingerprint density at radius 3 is 2.60 bits per heavy atom. The smallest absolute Gasteiger partial charge is 0.229 e. The fourth-order valence-electron chi connectivity index (χ4n) is 2.07. The van der Waals surface area contributed by atoms with E-state index in [-0.39, 0.29) is 0 Å². The van der Waals surface area contributed by atoms with E-state index in [1.54, 1.807) is 13.2 Å². The van der Waals surface area contributed by atoms with Crippen LogP contribution in [0.4, 0.5) is 0 Å². The highest BCUT2D eigenvalue weighted by Gasteiger charge is 2.20. The molecule has 1 unspecified atom stereocenters. The van der Waals surface area contributed by atoms with Crippen LogP contribution in [0.1, 0.15) is 17.0 Å². The number of hydrogen-bond donors (Lipinski definition) is 0. The zero-order valence-electron chi connectivity index (χ0n) is 11.0. The molecule has 2 aromatic rings. The minimum atomic E-state index is -0.438. The zero-order valence-corrected chi connectivity index (χ0v) is 12.5. The fourth-order valence-corrected chi connectivity index (χ4v) is 2.49. The van der Waals surface area contributed by atoms with Gasteiger partial charge < -0.3 is 4.74 Å². The Bertz CT molecular complexity index is 611. The summed E-state index contributed by atoms with van der Waals surface area (Å²) in [6.45, 7) is 0. The molecule has 2 nitrogen and oxygen atoms in total. The first-order valence-electron chi connectivity index (χ1n) is 6.18. The summed E-state index contributed by atoms with van der Waals surface area (Å²) in [6.07, 6.45) is 0.467. The number of ether oxygens (including phenoxy) is 1. The molecular weight excluding hydrogens is 295 g/mol. The van der Waals surface area contributed by atoms with E-state index in [0.29, 0.717) is 17.2 Å². The van der Waals surface area contributed by atoms with Crippen LogP contribution in [0.5, 0.6) is 5.75 Å². The lowest BCUT2D eigenvalue weighted by Gasteiger charge is -2.15. The minimum absolute atomic E-state index is 0.404. The molecule has 0 aliphatic carbocycles. The molecule has 0 N–H and O–H groups in total. The zero-order chi connectivity index (χ0) is 14.5. The Morgan fingerprint density at radius 2 is 1.95 bits per heavy atom. The van der Waals surface area contributed by atoms with Crippen molar-refractivity contribution in [3.8, 4) is 5.75 Å². The molecule has 0 aliphatic rings. The van der Waals surface area contributed by atoms with E-state index >= 15 is 0 Å². The van der Waals surface area contributed by atoms with E-state index in [0.717, 1.165) is 11.1 Å². The molecule has 104 valence electrons. The molecule has 0 spiro atoms. The Morgan fingerprint density at radius 1 is 1.20 bits per heavy atom. The molecule has 2 rings (SSSR count). The van der Waals surface area contributed by atoms with Gasteiger partial charge >= 0.3 is 0 Å². The number of carbonyl (C=O) groups excluding carboxylic acids is 1. The van der Waals surface area contributed by atoms with Gasteiger partial charge in [0, 0.05) is 5.02 Å². The average molecular weight is 309 g/mol. The van der Waals surface area contributed by atoms with Gasteiger partial charge in [-0.2, -0.15) is 0 Å². The standard InChI is InChI=1S/C16H14Cl2O2/c1-20-13-7-4-6-11(9-13)14(16(18)19)10-12-5-2-3-8-15(12)17/h2-9,14H,10H2,1H3. The summed E-state index contributed by atoms with van der Waals surface area (Å²) in [4.78, 5) is 11.7. The molecule has 0 amide bonds. The van der Waals surface area contributed by atoms with Crippen molar-refractivity contribution in [2.75, 3.05) is 7.11 Å². The largest absolute Gasteiger partial charge is 0.497 e. The molecule has 4 heteroatoms. The third-order valence-corrected chi connectivity index (χ3v) is 3.78. The minimum Gasteiger partial charge on any atom is -0.497 e. The van der Waals surface area contributed by atoms with Gasteiger partial charge in [-0.05, 0) is 47.3 Å². The topological polar surface area (TPSA) is 26.3 Å². The molecule has 0 heterocycles. The normalized spacial score (nSPS) is 11.9. The third kappa shape index (κ3) is 3.53. The highest BCUT2D eigenvalue weighted by Crippen LogP contribution is 2.29. The van der Waals surface area contributed by atoms with Crippen LogP contribution in [0.3, 0.4) is 0 Å². The second-order valence-electron chi connectivity index (χ2n) is 4.43. The van der Waals surface area contributed by atoms with Crippen LogP contribution in [0.15, 0.2) is 48.5 Å². The van der Waals surface area contributed by atoms with E-state index in [9.17, 15) is 4.79 Å². The van der Waals surface area contributed by atoms with Crippen molar-refractivity contribution in [1.29, 1.82) is 0 Å². The molecule has 20 heavy (non-hydrogen) atoms. The maximum absolute atomic E-state index is 11.7. The van der Waals surface area contributed by atoms with Crippen LogP contribution in [-0.2, 0) is 11.2 Å². The molecule has 0 saturated carbocycles. The molecule has 0 bridgehead atoms. The molecule has 0 radical (unpaired) electrons. The third-order valence-electron chi connectivity index (χ3n) is 3.15. The Hall–Kier alpha value is -1.51. The van der Waals surface area contributed by atoms with E-state index in [1.807, 2.05) is 42.5 Å². The van der Waals surface area contributed by atoms with Crippen molar-refractivity contribution in [3.63, 3.8) is 0 Å². The number of rotatable bonds is 5. The van der Waals surface area contributed by atoms with Crippen LogP contribution in [0.2, 0.25) is 5.02 Å². The first-order valence-corrected chi connectivity index (χ1v) is 6.94. The number of benzene rings is 2. The molecule has 0 fully saturated rings. The lowest BCUT2D eigenvalue weighted by atomic mass is 9.93. The number of methoxy groups -OCH3 is 1. The SMILES string of the molecule is COc1cccc(C(Cc2ccccc2Cl)C(=O)Cl)c1. The first-order chi connectivity index (χ1) is 9.61. The molecule has 1 atom stereocenters. The maximum atomic E-state index is 11.7. The second kappa shape index (κ2) is 6.78. The predicted molar refractivity (Wildman–Crippen MR) is 81.8 cm³/mol. The van der Waals surface area contributed by atoms with Crippen molar-refractivity contribution in [2.45, 2.75) is 12.3 Å². The highest BCUT2D eigenvalue weighted by atomic mass is 35.5. The van der Waals surface area contributed by atoms with Crippen LogP contribution < -0.4 is 4.74 Å². The first kappa shape index (κ1) is 14.9. The van der Waals surface area contributed by atoms with Crippen LogP contribution >= 0.6 is 23.2 Å². The highest BCUT2D eigenvalue weighted by molar-refractivity contribution is 6.64. The summed E-state index contributed by atoms with van der Waals surface area (Å²) in [6, 6.07) is 14.8. The summed E-state index contributed by atoms with van der Waals surface area (Å²) >= 11 is 11.9. The van der Waals surface area contributed by atoms with Crippen molar-refractivity contribution in [2.24, 2.45) is 0 Å².